The monoisotopic (exact) mass is 360 g/mol. The summed E-state index contributed by atoms with van der Waals surface area (Å²) >= 11 is 4.90. The largest absolute Gasteiger partial charge is 0.450 e. The van der Waals surface area contributed by atoms with Gasteiger partial charge in [-0.3, -0.25) is 19.2 Å². The second kappa shape index (κ2) is 11.5. The van der Waals surface area contributed by atoms with Gasteiger partial charge in [0.25, 0.3) is 5.91 Å². The Labute approximate surface area is 146 Å². The molecule has 0 aliphatic heterocycles. The maximum absolute atomic E-state index is 12.6. The van der Waals surface area contributed by atoms with Gasteiger partial charge in [0.15, 0.2) is 6.29 Å². The van der Waals surface area contributed by atoms with Gasteiger partial charge >= 0.3 is 11.9 Å². The second-order valence-corrected chi connectivity index (χ2v) is 5.61. The van der Waals surface area contributed by atoms with Crippen LogP contribution >= 0.6 is 12.2 Å². The zero-order chi connectivity index (χ0) is 18.7. The zero-order valence-corrected chi connectivity index (χ0v) is 15.2. The van der Waals surface area contributed by atoms with Crippen molar-refractivity contribution in [3.05, 3.63) is 0 Å². The van der Waals surface area contributed by atoms with Crippen molar-refractivity contribution >= 4 is 41.3 Å². The molecule has 0 aromatic heterocycles. The minimum atomic E-state index is -1.50. The number of hydrogen-bond donors (Lipinski definition) is 1. The zero-order valence-electron chi connectivity index (χ0n) is 14.4. The van der Waals surface area contributed by atoms with E-state index in [1.54, 1.807) is 13.8 Å². The fourth-order valence-corrected chi connectivity index (χ4v) is 2.03. The lowest BCUT2D eigenvalue weighted by molar-refractivity contribution is -0.174. The quantitative estimate of drug-likeness (QED) is 0.256. The third-order valence-electron chi connectivity index (χ3n) is 2.94. The molecule has 0 fully saturated rings. The first-order valence-corrected chi connectivity index (χ1v) is 7.96. The maximum atomic E-state index is 12.6. The van der Waals surface area contributed by atoms with Gasteiger partial charge in [-0.25, -0.2) is 0 Å². The first-order chi connectivity index (χ1) is 11.2. The third-order valence-corrected chi connectivity index (χ3v) is 3.09. The molecule has 8 nitrogen and oxygen atoms in total. The lowest BCUT2D eigenvalue weighted by Gasteiger charge is -2.28. The van der Waals surface area contributed by atoms with E-state index in [9.17, 15) is 19.2 Å². The molecule has 0 aromatic carbocycles. The first kappa shape index (κ1) is 22.0. The van der Waals surface area contributed by atoms with Crippen LogP contribution in [0, 0.1) is 0 Å². The summed E-state index contributed by atoms with van der Waals surface area (Å²) in [6, 6.07) is 0. The van der Waals surface area contributed by atoms with Crippen LogP contribution in [0.15, 0.2) is 0 Å². The summed E-state index contributed by atoms with van der Waals surface area (Å²) in [7, 11) is 0. The fourth-order valence-electron chi connectivity index (χ4n) is 1.93. The molecule has 0 rings (SSSR count). The number of carbonyl (C=O) groups is 4. The fraction of sp³-hybridized carbons (Fsp3) is 0.667. The molecule has 0 radical (unpaired) electrons. The summed E-state index contributed by atoms with van der Waals surface area (Å²) in [6.45, 7) is 7.01. The van der Waals surface area contributed by atoms with Crippen LogP contribution in [-0.4, -0.2) is 65.9 Å². The molecular weight excluding hydrogens is 336 g/mol. The lowest BCUT2D eigenvalue weighted by Crippen LogP contribution is -2.49. The second-order valence-electron chi connectivity index (χ2n) is 4.99. The topological polar surface area (TPSA) is 102 Å². The van der Waals surface area contributed by atoms with Gasteiger partial charge in [0, 0.05) is 33.5 Å². The number of likely N-dealkylation sites (N-methyl/N-ethyl adjacent to an activating group) is 1. The highest BCUT2D eigenvalue weighted by Crippen LogP contribution is 2.09. The Morgan fingerprint density at radius 1 is 1.17 bits per heavy atom. The third kappa shape index (κ3) is 8.56. The summed E-state index contributed by atoms with van der Waals surface area (Å²) in [4.78, 5) is 48.1. The SMILES string of the molecule is CCN(CCCNC(C)=S)C(=O)C(OC(C)=O)C(C=O)OC(C)=O. The van der Waals surface area contributed by atoms with E-state index >= 15 is 0 Å². The number of amides is 1. The van der Waals surface area contributed by atoms with E-state index in [0.717, 1.165) is 13.8 Å². The van der Waals surface area contributed by atoms with Crippen LogP contribution in [0.4, 0.5) is 0 Å². The molecule has 136 valence electrons. The summed E-state index contributed by atoms with van der Waals surface area (Å²) < 4.78 is 9.69. The smallest absolute Gasteiger partial charge is 0.303 e. The normalized spacial score (nSPS) is 12.5. The Balaban J connectivity index is 5.02. The number of carbonyl (C=O) groups excluding carboxylic acids is 4. The van der Waals surface area contributed by atoms with E-state index in [4.69, 9.17) is 21.7 Å². The van der Waals surface area contributed by atoms with E-state index in [1.807, 2.05) is 0 Å². The standard InChI is InChI=1S/C15H24N2O6S/c1-5-17(8-6-7-16-10(2)24)15(21)14(23-12(4)20)13(9-18)22-11(3)19/h9,13-14H,5-8H2,1-4H3,(H,16,24). The first-order valence-electron chi connectivity index (χ1n) is 7.55. The van der Waals surface area contributed by atoms with Gasteiger partial charge in [0.05, 0.1) is 4.99 Å². The Morgan fingerprint density at radius 2 is 1.75 bits per heavy atom. The molecular formula is C15H24N2O6S. The van der Waals surface area contributed by atoms with Gasteiger partial charge in [-0.1, -0.05) is 12.2 Å². The maximum Gasteiger partial charge on any atom is 0.303 e. The van der Waals surface area contributed by atoms with Crippen LogP contribution in [0.3, 0.4) is 0 Å². The Bertz CT molecular complexity index is 483. The number of hydrogen-bond acceptors (Lipinski definition) is 7. The van der Waals surface area contributed by atoms with Crippen LogP contribution < -0.4 is 5.32 Å². The highest BCUT2D eigenvalue weighted by atomic mass is 32.1. The van der Waals surface area contributed by atoms with Crippen molar-refractivity contribution in [1.82, 2.24) is 10.2 Å². The minimum absolute atomic E-state index is 0.276. The number of aldehydes is 1. The molecule has 0 aliphatic rings. The van der Waals surface area contributed by atoms with Crippen molar-refractivity contribution in [1.29, 1.82) is 0 Å². The molecule has 0 aromatic rings. The summed E-state index contributed by atoms with van der Waals surface area (Å²) in [5, 5.41) is 2.97. The van der Waals surface area contributed by atoms with Gasteiger partial charge in [-0.2, -0.15) is 0 Å². The van der Waals surface area contributed by atoms with Gasteiger partial charge < -0.3 is 19.7 Å². The molecule has 1 N–H and O–H groups in total. The van der Waals surface area contributed by atoms with Crippen LogP contribution in [0.25, 0.3) is 0 Å². The van der Waals surface area contributed by atoms with Crippen molar-refractivity contribution in [2.75, 3.05) is 19.6 Å². The lowest BCUT2D eigenvalue weighted by atomic mass is 10.1. The number of nitrogens with one attached hydrogen (secondary N) is 1. The van der Waals surface area contributed by atoms with Gasteiger partial charge in [0.1, 0.15) is 0 Å². The highest BCUT2D eigenvalue weighted by molar-refractivity contribution is 7.80. The van der Waals surface area contributed by atoms with Crippen molar-refractivity contribution in [2.24, 2.45) is 0 Å². The van der Waals surface area contributed by atoms with E-state index in [-0.39, 0.29) is 6.29 Å². The molecule has 2 unspecified atom stereocenters. The molecule has 1 amide bonds. The van der Waals surface area contributed by atoms with Crippen molar-refractivity contribution in [3.63, 3.8) is 0 Å². The number of esters is 2. The minimum Gasteiger partial charge on any atom is -0.450 e. The summed E-state index contributed by atoms with van der Waals surface area (Å²) in [5.41, 5.74) is 0. The van der Waals surface area contributed by atoms with Gasteiger partial charge in [0.2, 0.25) is 12.2 Å². The van der Waals surface area contributed by atoms with Crippen LogP contribution in [0.5, 0.6) is 0 Å². The Morgan fingerprint density at radius 3 is 2.17 bits per heavy atom. The number of thiocarbonyl (C=S) groups is 1. The van der Waals surface area contributed by atoms with E-state index in [1.165, 1.54) is 4.90 Å². The average Bonchev–Trinajstić information content (AvgIpc) is 2.49. The predicted octanol–water partition coefficient (Wildman–Crippen LogP) is 0.224. The summed E-state index contributed by atoms with van der Waals surface area (Å²) in [6.07, 6.45) is -2.09. The average molecular weight is 360 g/mol. The molecule has 0 saturated heterocycles. The number of nitrogens with zero attached hydrogens (tertiary/aromatic N) is 1. The molecule has 0 bridgehead atoms. The van der Waals surface area contributed by atoms with Crippen LogP contribution in [0.2, 0.25) is 0 Å². The predicted molar refractivity (Wildman–Crippen MR) is 90.3 cm³/mol. The van der Waals surface area contributed by atoms with Crippen molar-refractivity contribution in [2.45, 2.75) is 46.3 Å². The van der Waals surface area contributed by atoms with E-state index < -0.39 is 30.1 Å². The molecule has 0 saturated carbocycles. The molecule has 0 aliphatic carbocycles. The molecule has 0 spiro atoms. The Hall–Kier alpha value is -2.03. The molecule has 9 heteroatoms. The van der Waals surface area contributed by atoms with E-state index in [2.05, 4.69) is 5.32 Å². The highest BCUT2D eigenvalue weighted by Gasteiger charge is 2.36. The van der Waals surface area contributed by atoms with Crippen LogP contribution in [-0.2, 0) is 28.7 Å². The van der Waals surface area contributed by atoms with Crippen LogP contribution in [0.1, 0.15) is 34.1 Å². The van der Waals surface area contributed by atoms with E-state index in [0.29, 0.717) is 31.0 Å². The molecule has 2 atom stereocenters. The number of ether oxygens (including phenoxy) is 2. The van der Waals surface area contributed by atoms with Crippen molar-refractivity contribution in [3.8, 4) is 0 Å². The molecule has 24 heavy (non-hydrogen) atoms. The van der Waals surface area contributed by atoms with Crippen molar-refractivity contribution < 1.29 is 28.7 Å². The van der Waals surface area contributed by atoms with Gasteiger partial charge in [-0.05, 0) is 20.3 Å². The Kier molecular flexibility index (Phi) is 10.5. The number of rotatable bonds is 10. The molecule has 0 heterocycles. The summed E-state index contributed by atoms with van der Waals surface area (Å²) in [5.74, 6) is -2.09. The van der Waals surface area contributed by atoms with Gasteiger partial charge in [-0.15, -0.1) is 0 Å².